The predicted octanol–water partition coefficient (Wildman–Crippen LogP) is 2.40. The lowest BCUT2D eigenvalue weighted by molar-refractivity contribution is -0.147. The van der Waals surface area contributed by atoms with Crippen molar-refractivity contribution in [2.24, 2.45) is 0 Å². The number of carboxylic acid groups (broad SMARTS) is 1. The van der Waals surface area contributed by atoms with Gasteiger partial charge in [0.05, 0.1) is 6.61 Å². The molecule has 1 fully saturated rings. The minimum Gasteiger partial charge on any atom is -0.480 e. The highest BCUT2D eigenvalue weighted by atomic mass is 16.5. The van der Waals surface area contributed by atoms with E-state index in [4.69, 9.17) is 4.74 Å². The van der Waals surface area contributed by atoms with Crippen molar-refractivity contribution in [1.29, 1.82) is 0 Å². The fourth-order valence-electron chi connectivity index (χ4n) is 3.23. The molecule has 0 radical (unpaired) electrons. The topological polar surface area (TPSA) is 58.6 Å². The molecule has 2 rings (SSSR count). The normalized spacial score (nSPS) is 26.4. The molecule has 110 valence electrons. The third-order valence-corrected chi connectivity index (χ3v) is 4.24. The molecule has 1 saturated carbocycles. The first-order chi connectivity index (χ1) is 9.70. The van der Waals surface area contributed by atoms with Gasteiger partial charge in [-0.2, -0.15) is 0 Å². The number of hydrogen-bond acceptors (Lipinski definition) is 3. The van der Waals surface area contributed by atoms with Gasteiger partial charge in [0, 0.05) is 19.6 Å². The summed E-state index contributed by atoms with van der Waals surface area (Å²) in [6, 6.07) is 9.99. The molecule has 0 aromatic heterocycles. The zero-order valence-electron chi connectivity index (χ0n) is 12.0. The van der Waals surface area contributed by atoms with Crippen LogP contribution in [0.25, 0.3) is 0 Å². The van der Waals surface area contributed by atoms with E-state index in [1.54, 1.807) is 7.11 Å². The molecule has 0 bridgehead atoms. The van der Waals surface area contributed by atoms with E-state index in [1.807, 2.05) is 30.3 Å². The van der Waals surface area contributed by atoms with Gasteiger partial charge in [-0.1, -0.05) is 43.2 Å². The van der Waals surface area contributed by atoms with Crippen molar-refractivity contribution < 1.29 is 14.6 Å². The maximum Gasteiger partial charge on any atom is 0.324 e. The summed E-state index contributed by atoms with van der Waals surface area (Å²) >= 11 is 0. The van der Waals surface area contributed by atoms with Gasteiger partial charge in [-0.3, -0.25) is 10.1 Å². The Labute approximate surface area is 120 Å². The lowest BCUT2D eigenvalue weighted by Crippen LogP contribution is -2.58. The molecule has 0 spiro atoms. The van der Waals surface area contributed by atoms with Crippen molar-refractivity contribution in [3.63, 3.8) is 0 Å². The van der Waals surface area contributed by atoms with Gasteiger partial charge in [-0.15, -0.1) is 0 Å². The van der Waals surface area contributed by atoms with Crippen LogP contribution in [0.4, 0.5) is 0 Å². The van der Waals surface area contributed by atoms with Gasteiger partial charge in [0.25, 0.3) is 0 Å². The summed E-state index contributed by atoms with van der Waals surface area (Å²) < 4.78 is 5.04. The number of methoxy groups -OCH3 is 1. The van der Waals surface area contributed by atoms with Gasteiger partial charge in [0.1, 0.15) is 5.54 Å². The van der Waals surface area contributed by atoms with E-state index < -0.39 is 11.5 Å². The van der Waals surface area contributed by atoms with Crippen molar-refractivity contribution in [2.75, 3.05) is 20.3 Å². The van der Waals surface area contributed by atoms with Gasteiger partial charge in [-0.05, 0) is 18.4 Å². The Bertz CT molecular complexity index is 435. The van der Waals surface area contributed by atoms with Crippen molar-refractivity contribution in [3.05, 3.63) is 35.9 Å². The third-order valence-electron chi connectivity index (χ3n) is 4.24. The van der Waals surface area contributed by atoms with E-state index in [-0.39, 0.29) is 5.92 Å². The second-order valence-electron chi connectivity index (χ2n) is 5.41. The minimum absolute atomic E-state index is 0.0202. The van der Waals surface area contributed by atoms with Crippen LogP contribution in [0.2, 0.25) is 0 Å². The number of ether oxygens (including phenoxy) is 1. The summed E-state index contributed by atoms with van der Waals surface area (Å²) in [7, 11) is 1.63. The van der Waals surface area contributed by atoms with Crippen LogP contribution in [0.1, 0.15) is 37.2 Å². The van der Waals surface area contributed by atoms with Crippen LogP contribution in [0.3, 0.4) is 0 Å². The third kappa shape index (κ3) is 3.02. The van der Waals surface area contributed by atoms with Crippen LogP contribution >= 0.6 is 0 Å². The predicted molar refractivity (Wildman–Crippen MR) is 77.9 cm³/mol. The zero-order chi connectivity index (χ0) is 14.4. The first-order valence-corrected chi connectivity index (χ1v) is 7.23. The zero-order valence-corrected chi connectivity index (χ0v) is 12.0. The smallest absolute Gasteiger partial charge is 0.324 e. The molecule has 2 unspecified atom stereocenters. The van der Waals surface area contributed by atoms with Crippen LogP contribution < -0.4 is 5.32 Å². The second kappa shape index (κ2) is 6.86. The first kappa shape index (κ1) is 15.0. The Morgan fingerprint density at radius 1 is 1.40 bits per heavy atom. The number of carbonyl (C=O) groups is 1. The van der Waals surface area contributed by atoms with E-state index in [0.29, 0.717) is 19.6 Å². The largest absolute Gasteiger partial charge is 0.480 e. The standard InChI is InChI=1S/C16H23NO3/c1-20-12-11-17-16(15(18)19)10-6-5-9-14(16)13-7-3-2-4-8-13/h2-4,7-8,14,17H,5-6,9-12H2,1H3,(H,18,19). The molecule has 1 aliphatic rings. The van der Waals surface area contributed by atoms with Crippen molar-refractivity contribution in [2.45, 2.75) is 37.1 Å². The molecule has 20 heavy (non-hydrogen) atoms. The molecule has 0 heterocycles. The van der Waals surface area contributed by atoms with Gasteiger partial charge in [-0.25, -0.2) is 0 Å². The highest BCUT2D eigenvalue weighted by Crippen LogP contribution is 2.41. The maximum absolute atomic E-state index is 12.0. The Kier molecular flexibility index (Phi) is 5.15. The summed E-state index contributed by atoms with van der Waals surface area (Å²) in [5, 5.41) is 13.1. The van der Waals surface area contributed by atoms with Crippen LogP contribution in [0.15, 0.2) is 30.3 Å². The molecule has 2 N–H and O–H groups in total. The molecule has 0 saturated heterocycles. The summed E-state index contributed by atoms with van der Waals surface area (Å²) in [6.45, 7) is 1.09. The highest BCUT2D eigenvalue weighted by Gasteiger charge is 2.47. The van der Waals surface area contributed by atoms with Crippen LogP contribution in [0, 0.1) is 0 Å². The van der Waals surface area contributed by atoms with Crippen molar-refractivity contribution in [3.8, 4) is 0 Å². The van der Waals surface area contributed by atoms with Gasteiger partial charge in [0.2, 0.25) is 0 Å². The first-order valence-electron chi connectivity index (χ1n) is 7.23. The minimum atomic E-state index is -0.863. The summed E-state index contributed by atoms with van der Waals surface area (Å²) in [5.74, 6) is -0.728. The number of aliphatic carboxylic acids is 1. The Morgan fingerprint density at radius 3 is 2.80 bits per heavy atom. The Morgan fingerprint density at radius 2 is 2.15 bits per heavy atom. The highest BCUT2D eigenvalue weighted by molar-refractivity contribution is 5.80. The van der Waals surface area contributed by atoms with E-state index >= 15 is 0 Å². The molecule has 1 aromatic carbocycles. The van der Waals surface area contributed by atoms with E-state index in [0.717, 1.165) is 24.8 Å². The number of carboxylic acids is 1. The van der Waals surface area contributed by atoms with Gasteiger partial charge >= 0.3 is 5.97 Å². The Balaban J connectivity index is 2.27. The molecule has 0 amide bonds. The fourth-order valence-corrected chi connectivity index (χ4v) is 3.23. The average molecular weight is 277 g/mol. The monoisotopic (exact) mass is 277 g/mol. The summed E-state index contributed by atoms with van der Waals surface area (Å²) in [5.41, 5.74) is 0.248. The van der Waals surface area contributed by atoms with Crippen LogP contribution in [0.5, 0.6) is 0 Å². The van der Waals surface area contributed by atoms with Crippen LogP contribution in [-0.2, 0) is 9.53 Å². The number of benzene rings is 1. The van der Waals surface area contributed by atoms with Gasteiger partial charge < -0.3 is 9.84 Å². The second-order valence-corrected chi connectivity index (χ2v) is 5.41. The Hall–Kier alpha value is -1.39. The summed E-state index contributed by atoms with van der Waals surface area (Å²) in [4.78, 5) is 12.0. The molecular weight excluding hydrogens is 254 g/mol. The lowest BCUT2D eigenvalue weighted by Gasteiger charge is -2.42. The molecular formula is C16H23NO3. The number of rotatable bonds is 6. The molecule has 4 nitrogen and oxygen atoms in total. The SMILES string of the molecule is COCCNC1(C(=O)O)CCCCC1c1ccccc1. The molecule has 2 atom stereocenters. The quantitative estimate of drug-likeness (QED) is 0.784. The summed E-state index contributed by atoms with van der Waals surface area (Å²) in [6.07, 6.45) is 3.62. The number of hydrogen-bond donors (Lipinski definition) is 2. The number of nitrogens with one attached hydrogen (secondary N) is 1. The fraction of sp³-hybridized carbons (Fsp3) is 0.562. The average Bonchev–Trinajstić information content (AvgIpc) is 2.48. The van der Waals surface area contributed by atoms with E-state index in [9.17, 15) is 9.90 Å². The van der Waals surface area contributed by atoms with E-state index in [1.165, 1.54) is 0 Å². The van der Waals surface area contributed by atoms with Crippen molar-refractivity contribution >= 4 is 5.97 Å². The van der Waals surface area contributed by atoms with Crippen molar-refractivity contribution in [1.82, 2.24) is 5.32 Å². The molecule has 1 aromatic rings. The van der Waals surface area contributed by atoms with E-state index in [2.05, 4.69) is 5.32 Å². The molecule has 1 aliphatic carbocycles. The molecule has 4 heteroatoms. The molecule has 0 aliphatic heterocycles. The maximum atomic E-state index is 12.0. The lowest BCUT2D eigenvalue weighted by atomic mass is 9.69. The van der Waals surface area contributed by atoms with Gasteiger partial charge in [0.15, 0.2) is 0 Å². The van der Waals surface area contributed by atoms with Crippen LogP contribution in [-0.4, -0.2) is 36.9 Å².